The van der Waals surface area contributed by atoms with Gasteiger partial charge in [0.1, 0.15) is 5.69 Å². The number of rotatable bonds is 4. The summed E-state index contributed by atoms with van der Waals surface area (Å²) in [6.45, 7) is 3.19. The molecule has 9 nitrogen and oxygen atoms in total. The number of fused-ring (bicyclic) bond motifs is 1. The summed E-state index contributed by atoms with van der Waals surface area (Å²) in [5, 5.41) is 11.7. The lowest BCUT2D eigenvalue weighted by Crippen LogP contribution is -2.36. The molecule has 2 aromatic carbocycles. The minimum absolute atomic E-state index is 0.166. The minimum atomic E-state index is -0.477. The van der Waals surface area contributed by atoms with Crippen LogP contribution in [0.5, 0.6) is 0 Å². The third-order valence-electron chi connectivity index (χ3n) is 5.12. The van der Waals surface area contributed by atoms with Gasteiger partial charge in [0.15, 0.2) is 0 Å². The predicted molar refractivity (Wildman–Crippen MR) is 118 cm³/mol. The molecule has 31 heavy (non-hydrogen) atoms. The number of carbonyl (C=O) groups excluding carboxylic acids is 1. The molecule has 2 aromatic heterocycles. The van der Waals surface area contributed by atoms with Crippen LogP contribution >= 0.6 is 11.5 Å². The van der Waals surface area contributed by atoms with Crippen LogP contribution in [-0.2, 0) is 11.3 Å². The summed E-state index contributed by atoms with van der Waals surface area (Å²) < 4.78 is 9.05. The summed E-state index contributed by atoms with van der Waals surface area (Å²) in [5.41, 5.74) is 2.25. The molecule has 0 unspecified atom stereocenters. The number of morpholine rings is 1. The molecule has 1 amide bonds. The molecule has 0 aliphatic carbocycles. The zero-order valence-electron chi connectivity index (χ0n) is 16.6. The van der Waals surface area contributed by atoms with Crippen molar-refractivity contribution in [3.05, 3.63) is 70.8 Å². The summed E-state index contributed by atoms with van der Waals surface area (Å²) in [6, 6.07) is 14.7. The molecule has 0 atom stereocenters. The van der Waals surface area contributed by atoms with E-state index in [-0.39, 0.29) is 12.1 Å². The number of benzene rings is 2. The maximum Gasteiger partial charge on any atom is 0.338 e. The lowest BCUT2D eigenvalue weighted by Gasteiger charge is -2.30. The highest BCUT2D eigenvalue weighted by Gasteiger charge is 2.17. The third-order valence-corrected chi connectivity index (χ3v) is 6.18. The quantitative estimate of drug-likeness (QED) is 0.527. The highest BCUT2D eigenvalue weighted by atomic mass is 32.1. The maximum absolute atomic E-state index is 12.5. The maximum atomic E-state index is 12.5. The molecule has 0 bridgehead atoms. The Labute approximate surface area is 181 Å². The van der Waals surface area contributed by atoms with E-state index >= 15 is 0 Å². The fourth-order valence-corrected chi connectivity index (χ4v) is 4.49. The first-order valence-corrected chi connectivity index (χ1v) is 10.7. The first-order chi connectivity index (χ1) is 15.2. The normalized spacial score (nSPS) is 14.1. The van der Waals surface area contributed by atoms with Gasteiger partial charge in [0.05, 0.1) is 47.4 Å². The second kappa shape index (κ2) is 8.32. The van der Waals surface area contributed by atoms with Crippen LogP contribution in [0.1, 0.15) is 5.69 Å². The smallest absolute Gasteiger partial charge is 0.338 e. The van der Waals surface area contributed by atoms with Crippen LogP contribution < -0.4 is 15.8 Å². The Morgan fingerprint density at radius 2 is 1.81 bits per heavy atom. The Morgan fingerprint density at radius 3 is 2.61 bits per heavy atom. The number of nitrogens with one attached hydrogen (secondary N) is 1. The van der Waals surface area contributed by atoms with Crippen molar-refractivity contribution in [2.24, 2.45) is 0 Å². The van der Waals surface area contributed by atoms with Gasteiger partial charge < -0.3 is 15.0 Å². The van der Waals surface area contributed by atoms with E-state index in [2.05, 4.69) is 26.6 Å². The zero-order valence-corrected chi connectivity index (χ0v) is 17.4. The van der Waals surface area contributed by atoms with Gasteiger partial charge in [-0.25, -0.2) is 9.48 Å². The number of carbonyl (C=O) groups is 1. The van der Waals surface area contributed by atoms with Crippen molar-refractivity contribution in [1.82, 2.24) is 24.3 Å². The monoisotopic (exact) mass is 436 g/mol. The van der Waals surface area contributed by atoms with Gasteiger partial charge in [-0.1, -0.05) is 29.5 Å². The van der Waals surface area contributed by atoms with E-state index in [1.807, 2.05) is 30.3 Å². The standard InChI is InChI=1S/C21H20N6O3S/c28-20-16-5-1-4-8-19(16)31-27(20)21(29)22-13-15-14-26(24-23-15)18-7-3-2-6-17(18)25-9-11-30-12-10-25/h1-8,14H,9-13H2,(H,22,29). The van der Waals surface area contributed by atoms with Crippen LogP contribution in [0.4, 0.5) is 10.5 Å². The van der Waals surface area contributed by atoms with Crippen LogP contribution in [0.25, 0.3) is 15.8 Å². The molecular formula is C21H20N6O3S. The lowest BCUT2D eigenvalue weighted by atomic mass is 10.2. The van der Waals surface area contributed by atoms with E-state index < -0.39 is 6.03 Å². The van der Waals surface area contributed by atoms with E-state index in [4.69, 9.17) is 4.74 Å². The predicted octanol–water partition coefficient (Wildman–Crippen LogP) is 2.24. The van der Waals surface area contributed by atoms with Gasteiger partial charge in [-0.15, -0.1) is 5.10 Å². The topological polar surface area (TPSA) is 94.3 Å². The number of para-hydroxylation sites is 2. The summed E-state index contributed by atoms with van der Waals surface area (Å²) >= 11 is 1.12. The van der Waals surface area contributed by atoms with Gasteiger partial charge >= 0.3 is 6.03 Å². The molecule has 1 aliphatic rings. The molecule has 0 saturated carbocycles. The second-order valence-corrected chi connectivity index (χ2v) is 8.08. The number of ether oxygens (including phenoxy) is 1. The average Bonchev–Trinajstić information content (AvgIpc) is 3.43. The van der Waals surface area contributed by atoms with Gasteiger partial charge in [0.25, 0.3) is 5.56 Å². The number of amides is 1. The van der Waals surface area contributed by atoms with Crippen molar-refractivity contribution >= 4 is 33.3 Å². The Bertz CT molecular complexity index is 1290. The van der Waals surface area contributed by atoms with E-state index in [1.54, 1.807) is 23.0 Å². The highest BCUT2D eigenvalue weighted by molar-refractivity contribution is 7.14. The SMILES string of the molecule is O=C(NCc1cn(-c2ccccc2N2CCOCC2)nn1)n1sc2ccccc2c1=O. The van der Waals surface area contributed by atoms with Crippen molar-refractivity contribution in [1.29, 1.82) is 0 Å². The Morgan fingerprint density at radius 1 is 1.06 bits per heavy atom. The van der Waals surface area contributed by atoms with Gasteiger partial charge in [-0.3, -0.25) is 4.79 Å². The van der Waals surface area contributed by atoms with E-state index in [9.17, 15) is 9.59 Å². The summed E-state index contributed by atoms with van der Waals surface area (Å²) in [5.74, 6) is 0. The van der Waals surface area contributed by atoms with E-state index in [1.165, 1.54) is 0 Å². The van der Waals surface area contributed by atoms with Crippen LogP contribution in [-0.4, -0.2) is 51.3 Å². The van der Waals surface area contributed by atoms with Crippen LogP contribution in [0.3, 0.4) is 0 Å². The molecule has 1 aliphatic heterocycles. The molecule has 10 heteroatoms. The largest absolute Gasteiger partial charge is 0.378 e. The Hall–Kier alpha value is -3.50. The van der Waals surface area contributed by atoms with Crippen molar-refractivity contribution < 1.29 is 9.53 Å². The van der Waals surface area contributed by atoms with Crippen molar-refractivity contribution in [3.8, 4) is 5.69 Å². The average molecular weight is 436 g/mol. The van der Waals surface area contributed by atoms with Gasteiger partial charge in [-0.2, -0.15) is 3.96 Å². The van der Waals surface area contributed by atoms with E-state index in [0.717, 1.165) is 44.7 Å². The highest BCUT2D eigenvalue weighted by Crippen LogP contribution is 2.24. The van der Waals surface area contributed by atoms with Crippen molar-refractivity contribution in [2.45, 2.75) is 6.54 Å². The molecule has 1 saturated heterocycles. The van der Waals surface area contributed by atoms with E-state index in [0.29, 0.717) is 24.3 Å². The van der Waals surface area contributed by atoms with Crippen LogP contribution in [0.15, 0.2) is 59.5 Å². The third kappa shape index (κ3) is 3.82. The zero-order chi connectivity index (χ0) is 21.2. The Balaban J connectivity index is 1.32. The Kier molecular flexibility index (Phi) is 5.23. The van der Waals surface area contributed by atoms with Crippen LogP contribution in [0, 0.1) is 0 Å². The first-order valence-electron chi connectivity index (χ1n) is 9.93. The first kappa shape index (κ1) is 19.5. The van der Waals surface area contributed by atoms with Crippen molar-refractivity contribution in [3.63, 3.8) is 0 Å². The molecule has 1 fully saturated rings. The molecular weight excluding hydrogens is 416 g/mol. The summed E-state index contributed by atoms with van der Waals surface area (Å²) in [6.07, 6.45) is 1.78. The number of aromatic nitrogens is 4. The van der Waals surface area contributed by atoms with Gasteiger partial charge in [0.2, 0.25) is 0 Å². The molecule has 158 valence electrons. The summed E-state index contributed by atoms with van der Waals surface area (Å²) in [4.78, 5) is 27.2. The molecule has 0 radical (unpaired) electrons. The number of hydrogen-bond acceptors (Lipinski definition) is 7. The molecule has 5 rings (SSSR count). The summed E-state index contributed by atoms with van der Waals surface area (Å²) in [7, 11) is 0. The molecule has 0 spiro atoms. The number of nitrogens with zero attached hydrogens (tertiary/aromatic N) is 5. The van der Waals surface area contributed by atoms with Gasteiger partial charge in [-0.05, 0) is 35.8 Å². The van der Waals surface area contributed by atoms with Crippen molar-refractivity contribution in [2.75, 3.05) is 31.2 Å². The minimum Gasteiger partial charge on any atom is -0.378 e. The number of anilines is 1. The molecule has 3 heterocycles. The molecule has 4 aromatic rings. The fourth-order valence-electron chi connectivity index (χ4n) is 3.57. The fraction of sp³-hybridized carbons (Fsp3) is 0.238. The number of hydrogen-bond donors (Lipinski definition) is 1. The molecule has 1 N–H and O–H groups in total. The van der Waals surface area contributed by atoms with Crippen LogP contribution in [0.2, 0.25) is 0 Å². The van der Waals surface area contributed by atoms with Gasteiger partial charge in [0, 0.05) is 13.1 Å². The lowest BCUT2D eigenvalue weighted by molar-refractivity contribution is 0.122. The second-order valence-electron chi connectivity index (χ2n) is 7.09.